The molecule has 0 bridgehead atoms. The molecule has 1 unspecified atom stereocenters. The minimum absolute atomic E-state index is 0.574. The molecule has 106 valence electrons. The fourth-order valence-electron chi connectivity index (χ4n) is 2.80. The molecule has 1 aromatic heterocycles. The Morgan fingerprint density at radius 1 is 1.37 bits per heavy atom. The molecule has 1 aromatic rings. The molecule has 1 atom stereocenters. The van der Waals surface area contributed by atoms with Crippen LogP contribution in [0.3, 0.4) is 0 Å². The lowest BCUT2D eigenvalue weighted by Crippen LogP contribution is -2.40. The molecule has 0 radical (unpaired) electrons. The molecule has 2 rings (SSSR count). The normalized spacial score (nSPS) is 21.4. The van der Waals surface area contributed by atoms with Crippen molar-refractivity contribution in [3.05, 3.63) is 23.9 Å². The minimum Gasteiger partial charge on any atom is -0.352 e. The lowest BCUT2D eigenvalue weighted by molar-refractivity contribution is 0.327. The van der Waals surface area contributed by atoms with Gasteiger partial charge in [0.2, 0.25) is 0 Å². The second kappa shape index (κ2) is 6.87. The molecule has 1 fully saturated rings. The van der Waals surface area contributed by atoms with Gasteiger partial charge in [-0.2, -0.15) is 0 Å². The van der Waals surface area contributed by atoms with E-state index in [9.17, 15) is 0 Å². The van der Waals surface area contributed by atoms with Gasteiger partial charge in [-0.15, -0.1) is 0 Å². The number of hydrogen-bond donors (Lipinski definition) is 1. The summed E-state index contributed by atoms with van der Waals surface area (Å²) in [4.78, 5) is 9.72. The van der Waals surface area contributed by atoms with E-state index in [-0.39, 0.29) is 0 Å². The Bertz CT molecular complexity index is 393. The van der Waals surface area contributed by atoms with Crippen molar-refractivity contribution >= 4 is 5.82 Å². The molecule has 4 heteroatoms. The molecular weight excluding hydrogens is 236 g/mol. The van der Waals surface area contributed by atoms with E-state index in [0.717, 1.165) is 31.1 Å². The number of likely N-dealkylation sites (N-methyl/N-ethyl adjacent to an activating group) is 1. The average molecular weight is 262 g/mol. The van der Waals surface area contributed by atoms with E-state index in [1.54, 1.807) is 0 Å². The van der Waals surface area contributed by atoms with Crippen molar-refractivity contribution in [2.24, 2.45) is 0 Å². The number of hydrogen-bond acceptors (Lipinski definition) is 4. The van der Waals surface area contributed by atoms with Gasteiger partial charge < -0.3 is 15.1 Å². The first kappa shape index (κ1) is 14.3. The van der Waals surface area contributed by atoms with Gasteiger partial charge in [0, 0.05) is 25.7 Å². The lowest BCUT2D eigenvalue weighted by Gasteiger charge is -2.31. The summed E-state index contributed by atoms with van der Waals surface area (Å²) < 4.78 is 0. The van der Waals surface area contributed by atoms with Gasteiger partial charge >= 0.3 is 0 Å². The smallest absolute Gasteiger partial charge is 0.129 e. The van der Waals surface area contributed by atoms with Crippen LogP contribution in [0.4, 0.5) is 5.82 Å². The molecule has 0 aromatic carbocycles. The highest BCUT2D eigenvalue weighted by Crippen LogP contribution is 2.20. The van der Waals surface area contributed by atoms with E-state index in [1.165, 1.54) is 19.4 Å². The molecule has 1 aliphatic heterocycles. The molecule has 1 aliphatic rings. The van der Waals surface area contributed by atoms with Crippen LogP contribution in [0.25, 0.3) is 0 Å². The summed E-state index contributed by atoms with van der Waals surface area (Å²) in [5, 5.41) is 3.17. The van der Waals surface area contributed by atoms with Crippen molar-refractivity contribution in [1.29, 1.82) is 0 Å². The number of pyridine rings is 1. The number of aromatic nitrogens is 1. The Labute approximate surface area is 116 Å². The summed E-state index contributed by atoms with van der Waals surface area (Å²) in [6, 6.07) is 6.93. The summed E-state index contributed by atoms with van der Waals surface area (Å²) in [5.41, 5.74) is 1.12. The van der Waals surface area contributed by atoms with Crippen LogP contribution in [0.1, 0.15) is 25.5 Å². The zero-order valence-corrected chi connectivity index (χ0v) is 12.4. The monoisotopic (exact) mass is 262 g/mol. The summed E-state index contributed by atoms with van der Waals surface area (Å²) >= 11 is 0. The van der Waals surface area contributed by atoms with Crippen molar-refractivity contribution in [3.63, 3.8) is 0 Å². The van der Waals surface area contributed by atoms with Gasteiger partial charge in [0.05, 0.1) is 5.69 Å². The van der Waals surface area contributed by atoms with Gasteiger partial charge in [-0.05, 0) is 45.6 Å². The number of nitrogens with zero attached hydrogens (tertiary/aromatic N) is 3. The van der Waals surface area contributed by atoms with E-state index in [1.807, 2.05) is 7.05 Å². The second-order valence-electron chi connectivity index (χ2n) is 5.39. The quantitative estimate of drug-likeness (QED) is 0.895. The van der Waals surface area contributed by atoms with Crippen LogP contribution in [-0.2, 0) is 6.54 Å². The molecule has 1 N–H and O–H groups in total. The van der Waals surface area contributed by atoms with Crippen molar-refractivity contribution in [1.82, 2.24) is 15.2 Å². The summed E-state index contributed by atoms with van der Waals surface area (Å²) in [6.45, 7) is 6.53. The van der Waals surface area contributed by atoms with Crippen molar-refractivity contribution < 1.29 is 0 Å². The van der Waals surface area contributed by atoms with Gasteiger partial charge in [-0.25, -0.2) is 4.98 Å². The third-order valence-corrected chi connectivity index (χ3v) is 3.82. The zero-order valence-electron chi connectivity index (χ0n) is 12.4. The van der Waals surface area contributed by atoms with E-state index in [0.29, 0.717) is 6.04 Å². The molecule has 1 saturated heterocycles. The van der Waals surface area contributed by atoms with Gasteiger partial charge in [0.1, 0.15) is 5.82 Å². The Balaban J connectivity index is 2.19. The first-order valence-electron chi connectivity index (χ1n) is 7.30. The number of rotatable bonds is 4. The molecule has 19 heavy (non-hydrogen) atoms. The SMILES string of the molecule is CCC1CN(C)CCCN1c1cccc(CNC)n1. The first-order chi connectivity index (χ1) is 9.24. The molecule has 0 saturated carbocycles. The van der Waals surface area contributed by atoms with Crippen molar-refractivity contribution in [2.75, 3.05) is 38.6 Å². The topological polar surface area (TPSA) is 31.4 Å². The highest BCUT2D eigenvalue weighted by molar-refractivity contribution is 5.41. The van der Waals surface area contributed by atoms with Crippen molar-refractivity contribution in [2.45, 2.75) is 32.4 Å². The molecule has 4 nitrogen and oxygen atoms in total. The van der Waals surface area contributed by atoms with Crippen LogP contribution in [0, 0.1) is 0 Å². The Morgan fingerprint density at radius 2 is 2.21 bits per heavy atom. The van der Waals surface area contributed by atoms with Gasteiger partial charge in [-0.3, -0.25) is 0 Å². The molecule has 2 heterocycles. The van der Waals surface area contributed by atoms with Crippen LogP contribution >= 0.6 is 0 Å². The average Bonchev–Trinajstić information content (AvgIpc) is 2.61. The van der Waals surface area contributed by atoms with Crippen LogP contribution in [-0.4, -0.2) is 49.7 Å². The predicted molar refractivity (Wildman–Crippen MR) is 80.5 cm³/mol. The number of nitrogens with one attached hydrogen (secondary N) is 1. The molecule has 0 spiro atoms. The van der Waals surface area contributed by atoms with E-state index >= 15 is 0 Å². The second-order valence-corrected chi connectivity index (χ2v) is 5.39. The number of anilines is 1. The third kappa shape index (κ3) is 3.67. The van der Waals surface area contributed by atoms with Crippen LogP contribution in [0.5, 0.6) is 0 Å². The summed E-state index contributed by atoms with van der Waals surface area (Å²) in [7, 11) is 4.18. The standard InChI is InChI=1S/C15H26N4/c1-4-14-12-18(3)9-6-10-19(14)15-8-5-7-13(17-15)11-16-2/h5,7-8,14,16H,4,6,9-12H2,1-3H3. The Morgan fingerprint density at radius 3 is 2.95 bits per heavy atom. The van der Waals surface area contributed by atoms with Gasteiger partial charge in [0.25, 0.3) is 0 Å². The zero-order chi connectivity index (χ0) is 13.7. The lowest BCUT2D eigenvalue weighted by atomic mass is 10.2. The maximum Gasteiger partial charge on any atom is 0.129 e. The highest BCUT2D eigenvalue weighted by atomic mass is 15.3. The van der Waals surface area contributed by atoms with E-state index < -0.39 is 0 Å². The third-order valence-electron chi connectivity index (χ3n) is 3.82. The van der Waals surface area contributed by atoms with Crippen molar-refractivity contribution in [3.8, 4) is 0 Å². The fourth-order valence-corrected chi connectivity index (χ4v) is 2.80. The fraction of sp³-hybridized carbons (Fsp3) is 0.667. The largest absolute Gasteiger partial charge is 0.352 e. The van der Waals surface area contributed by atoms with Gasteiger partial charge in [0.15, 0.2) is 0 Å². The minimum atomic E-state index is 0.574. The van der Waals surface area contributed by atoms with Crippen LogP contribution in [0.2, 0.25) is 0 Å². The Kier molecular flexibility index (Phi) is 5.16. The maximum absolute atomic E-state index is 4.80. The predicted octanol–water partition coefficient (Wildman–Crippen LogP) is 1.72. The van der Waals surface area contributed by atoms with Crippen LogP contribution in [0.15, 0.2) is 18.2 Å². The van der Waals surface area contributed by atoms with E-state index in [4.69, 9.17) is 4.98 Å². The molecule has 0 amide bonds. The molecule has 0 aliphatic carbocycles. The van der Waals surface area contributed by atoms with Gasteiger partial charge in [-0.1, -0.05) is 13.0 Å². The Hall–Kier alpha value is -1.13. The van der Waals surface area contributed by atoms with E-state index in [2.05, 4.69) is 47.3 Å². The summed E-state index contributed by atoms with van der Waals surface area (Å²) in [5.74, 6) is 1.13. The molecular formula is C15H26N4. The van der Waals surface area contributed by atoms with Crippen LogP contribution < -0.4 is 10.2 Å². The summed E-state index contributed by atoms with van der Waals surface area (Å²) in [6.07, 6.45) is 2.38. The first-order valence-corrected chi connectivity index (χ1v) is 7.30. The maximum atomic E-state index is 4.80. The highest BCUT2D eigenvalue weighted by Gasteiger charge is 2.23.